The highest BCUT2D eigenvalue weighted by molar-refractivity contribution is 6.30. The van der Waals surface area contributed by atoms with Gasteiger partial charge in [0.15, 0.2) is 0 Å². The lowest BCUT2D eigenvalue weighted by Gasteiger charge is -2.49. The number of hydrogen-bond acceptors (Lipinski definition) is 3. The molecule has 0 bridgehead atoms. The van der Waals surface area contributed by atoms with Gasteiger partial charge < -0.3 is 5.11 Å². The second-order valence-corrected chi connectivity index (χ2v) is 7.41. The zero-order valence-corrected chi connectivity index (χ0v) is 13.8. The highest BCUT2D eigenvalue weighted by atomic mass is 35.5. The zero-order chi connectivity index (χ0) is 15.8. The average molecular weight is 320 g/mol. The van der Waals surface area contributed by atoms with Gasteiger partial charge in [-0.05, 0) is 48.3 Å². The van der Waals surface area contributed by atoms with Crippen LogP contribution in [0.2, 0.25) is 5.02 Å². The molecule has 22 heavy (non-hydrogen) atoms. The lowest BCUT2D eigenvalue weighted by atomic mass is 9.60. The van der Waals surface area contributed by atoms with E-state index in [0.717, 1.165) is 31.4 Å². The first-order valence-electron chi connectivity index (χ1n) is 7.71. The number of benzene rings is 1. The monoisotopic (exact) mass is 319 g/mol. The van der Waals surface area contributed by atoms with Crippen molar-refractivity contribution in [3.8, 4) is 0 Å². The Kier molecular flexibility index (Phi) is 4.00. The van der Waals surface area contributed by atoms with Gasteiger partial charge in [0.2, 0.25) is 0 Å². The van der Waals surface area contributed by atoms with Gasteiger partial charge in [0, 0.05) is 11.6 Å². The van der Waals surface area contributed by atoms with Crippen LogP contribution in [0.1, 0.15) is 38.7 Å². The normalized spacial score (nSPS) is 27.7. The van der Waals surface area contributed by atoms with Gasteiger partial charge in [-0.2, -0.15) is 5.10 Å². The maximum Gasteiger partial charge on any atom is 0.137 e. The molecule has 0 unspecified atom stereocenters. The summed E-state index contributed by atoms with van der Waals surface area (Å²) >= 11 is 5.99. The minimum absolute atomic E-state index is 0.167. The molecule has 2 atom stereocenters. The Hall–Kier alpha value is -1.39. The first-order chi connectivity index (χ1) is 10.4. The Morgan fingerprint density at radius 1 is 1.32 bits per heavy atom. The quantitative estimate of drug-likeness (QED) is 0.939. The van der Waals surface area contributed by atoms with Crippen molar-refractivity contribution in [1.29, 1.82) is 0 Å². The molecule has 1 heterocycles. The molecule has 1 fully saturated rings. The summed E-state index contributed by atoms with van der Waals surface area (Å²) in [5.74, 6) is 0.385. The van der Waals surface area contributed by atoms with E-state index in [9.17, 15) is 5.11 Å². The molecule has 0 amide bonds. The van der Waals surface area contributed by atoms with Gasteiger partial charge in [-0.1, -0.05) is 37.6 Å². The van der Waals surface area contributed by atoms with E-state index in [0.29, 0.717) is 10.9 Å². The molecule has 1 saturated carbocycles. The molecule has 0 saturated heterocycles. The van der Waals surface area contributed by atoms with Crippen molar-refractivity contribution in [2.24, 2.45) is 11.3 Å². The van der Waals surface area contributed by atoms with Crippen LogP contribution >= 0.6 is 11.6 Å². The van der Waals surface area contributed by atoms with E-state index in [1.165, 1.54) is 0 Å². The Morgan fingerprint density at radius 2 is 2.05 bits per heavy atom. The van der Waals surface area contributed by atoms with Crippen molar-refractivity contribution in [3.05, 3.63) is 47.5 Å². The summed E-state index contributed by atoms with van der Waals surface area (Å²) in [7, 11) is 0. The lowest BCUT2D eigenvalue weighted by molar-refractivity contribution is -0.122. The van der Waals surface area contributed by atoms with Crippen LogP contribution in [0.15, 0.2) is 36.9 Å². The zero-order valence-electron chi connectivity index (χ0n) is 13.0. The summed E-state index contributed by atoms with van der Waals surface area (Å²) in [6.45, 7) is 5.09. The molecule has 1 N–H and O–H groups in total. The fourth-order valence-electron chi connectivity index (χ4n) is 3.55. The number of rotatable bonds is 3. The highest BCUT2D eigenvalue weighted by Gasteiger charge is 2.49. The van der Waals surface area contributed by atoms with E-state index in [1.807, 2.05) is 28.9 Å². The van der Waals surface area contributed by atoms with Crippen LogP contribution in [0.25, 0.3) is 0 Å². The molecule has 118 valence electrons. The summed E-state index contributed by atoms with van der Waals surface area (Å²) in [6, 6.07) is 7.60. The fraction of sp³-hybridized carbons (Fsp3) is 0.529. The Balaban J connectivity index is 1.86. The maximum absolute atomic E-state index is 11.5. The third-order valence-corrected chi connectivity index (χ3v) is 5.37. The second-order valence-electron chi connectivity index (χ2n) is 6.98. The van der Waals surface area contributed by atoms with Crippen molar-refractivity contribution in [2.45, 2.75) is 45.3 Å². The minimum atomic E-state index is -0.846. The molecule has 1 aliphatic rings. The molecule has 2 aromatic rings. The van der Waals surface area contributed by atoms with Crippen molar-refractivity contribution in [1.82, 2.24) is 14.8 Å². The van der Waals surface area contributed by atoms with Gasteiger partial charge in [-0.25, -0.2) is 4.98 Å². The second kappa shape index (κ2) is 5.67. The number of aliphatic hydroxyl groups is 1. The Bertz CT molecular complexity index is 624. The molecule has 5 heteroatoms. The van der Waals surface area contributed by atoms with E-state index in [4.69, 9.17) is 11.6 Å². The van der Waals surface area contributed by atoms with Crippen LogP contribution in [0.5, 0.6) is 0 Å². The SMILES string of the molecule is CC1(C)CC[C@@H](Cn2cncn2)C[C@]1(O)c1ccc(Cl)cc1. The molecule has 0 aliphatic heterocycles. The third kappa shape index (κ3) is 2.77. The smallest absolute Gasteiger partial charge is 0.137 e. The van der Waals surface area contributed by atoms with Crippen LogP contribution in [0, 0.1) is 11.3 Å². The van der Waals surface area contributed by atoms with Gasteiger partial charge in [0.05, 0.1) is 5.60 Å². The van der Waals surface area contributed by atoms with Crippen molar-refractivity contribution < 1.29 is 5.11 Å². The molecular formula is C17H22ClN3O. The summed E-state index contributed by atoms with van der Waals surface area (Å²) < 4.78 is 1.85. The third-order valence-electron chi connectivity index (χ3n) is 5.11. The van der Waals surface area contributed by atoms with Gasteiger partial charge in [-0.3, -0.25) is 4.68 Å². The molecule has 1 aromatic carbocycles. The van der Waals surface area contributed by atoms with Gasteiger partial charge >= 0.3 is 0 Å². The average Bonchev–Trinajstić information content (AvgIpc) is 2.97. The number of halogens is 1. The fourth-order valence-corrected chi connectivity index (χ4v) is 3.68. The summed E-state index contributed by atoms with van der Waals surface area (Å²) in [5.41, 5.74) is -0.0639. The van der Waals surface area contributed by atoms with E-state index < -0.39 is 5.60 Å². The van der Waals surface area contributed by atoms with Crippen LogP contribution in [-0.2, 0) is 12.1 Å². The maximum atomic E-state index is 11.5. The van der Waals surface area contributed by atoms with Crippen molar-refractivity contribution in [2.75, 3.05) is 0 Å². The molecule has 0 radical (unpaired) electrons. The molecule has 4 nitrogen and oxygen atoms in total. The lowest BCUT2D eigenvalue weighted by Crippen LogP contribution is -2.47. The molecule has 3 rings (SSSR count). The van der Waals surface area contributed by atoms with Crippen molar-refractivity contribution >= 4 is 11.6 Å². The molecule has 1 aliphatic carbocycles. The summed E-state index contributed by atoms with van der Waals surface area (Å²) in [4.78, 5) is 4.00. The number of aromatic nitrogens is 3. The number of hydrogen-bond donors (Lipinski definition) is 1. The van der Waals surface area contributed by atoms with E-state index >= 15 is 0 Å². The molecule has 1 aromatic heterocycles. The predicted molar refractivity (Wildman–Crippen MR) is 86.5 cm³/mol. The first kappa shape index (κ1) is 15.5. The van der Waals surface area contributed by atoms with E-state index in [2.05, 4.69) is 23.9 Å². The number of nitrogens with zero attached hydrogens (tertiary/aromatic N) is 3. The Morgan fingerprint density at radius 3 is 2.68 bits per heavy atom. The summed E-state index contributed by atoms with van der Waals surface area (Å²) in [6.07, 6.45) is 6.08. The van der Waals surface area contributed by atoms with E-state index in [1.54, 1.807) is 12.7 Å². The van der Waals surface area contributed by atoms with Gasteiger partial charge in [-0.15, -0.1) is 0 Å². The minimum Gasteiger partial charge on any atom is -0.385 e. The van der Waals surface area contributed by atoms with Crippen LogP contribution in [0.4, 0.5) is 0 Å². The van der Waals surface area contributed by atoms with Crippen LogP contribution in [-0.4, -0.2) is 19.9 Å². The van der Waals surface area contributed by atoms with E-state index in [-0.39, 0.29) is 5.41 Å². The standard InChI is InChI=1S/C17H22ClN3O/c1-16(2)8-7-13(10-21-12-19-11-20-21)9-17(16,22)14-3-5-15(18)6-4-14/h3-6,11-13,22H,7-10H2,1-2H3/t13-,17+/m1/s1. The largest absolute Gasteiger partial charge is 0.385 e. The molecule has 0 spiro atoms. The summed E-state index contributed by atoms with van der Waals surface area (Å²) in [5, 5.41) is 16.4. The predicted octanol–water partition coefficient (Wildman–Crippen LogP) is 3.65. The topological polar surface area (TPSA) is 50.9 Å². The van der Waals surface area contributed by atoms with Crippen molar-refractivity contribution in [3.63, 3.8) is 0 Å². The van der Waals surface area contributed by atoms with Crippen LogP contribution in [0.3, 0.4) is 0 Å². The Labute approximate surface area is 136 Å². The van der Waals surface area contributed by atoms with Crippen LogP contribution < -0.4 is 0 Å². The van der Waals surface area contributed by atoms with Gasteiger partial charge in [0.1, 0.15) is 12.7 Å². The highest BCUT2D eigenvalue weighted by Crippen LogP contribution is 2.52. The van der Waals surface area contributed by atoms with Gasteiger partial charge in [0.25, 0.3) is 0 Å². The molecular weight excluding hydrogens is 298 g/mol. The first-order valence-corrected chi connectivity index (χ1v) is 8.09.